The van der Waals surface area contributed by atoms with Gasteiger partial charge < -0.3 is 10.4 Å². The Morgan fingerprint density at radius 2 is 1.70 bits per heavy atom. The molecule has 5 nitrogen and oxygen atoms in total. The second-order valence-corrected chi connectivity index (χ2v) is 8.73. The molecule has 0 bridgehead atoms. The van der Waals surface area contributed by atoms with Gasteiger partial charge in [0.05, 0.1) is 16.5 Å². The minimum absolute atomic E-state index is 0.261. The standard InChI is InChI=1S/C26H24FN3O2S/c1-2-4-21(25(31)32)16-29-26-30-23(24(33-26)20-5-3-14-28-15-20)19-8-6-17(7-9-19)18-10-12-22(27)13-11-18/h3,5-15,21H,2,4,16H2,1H3,(H,29,30)(H,31,32). The third-order valence-corrected chi connectivity index (χ3v) is 6.43. The number of carboxylic acid groups (broad SMARTS) is 1. The van der Waals surface area contributed by atoms with Gasteiger partial charge in [-0.25, -0.2) is 9.37 Å². The number of rotatable bonds is 9. The molecule has 0 spiro atoms. The Morgan fingerprint density at radius 3 is 2.30 bits per heavy atom. The molecule has 0 radical (unpaired) electrons. The number of thiazole rings is 1. The molecule has 2 aromatic carbocycles. The lowest BCUT2D eigenvalue weighted by molar-refractivity contribution is -0.141. The maximum absolute atomic E-state index is 13.2. The molecule has 4 rings (SSSR count). The number of nitrogens with zero attached hydrogens (tertiary/aromatic N) is 2. The van der Waals surface area contributed by atoms with Crippen molar-refractivity contribution >= 4 is 22.4 Å². The van der Waals surface area contributed by atoms with E-state index in [1.54, 1.807) is 24.5 Å². The van der Waals surface area contributed by atoms with Gasteiger partial charge in [-0.05, 0) is 35.7 Å². The van der Waals surface area contributed by atoms with Crippen LogP contribution in [0.5, 0.6) is 0 Å². The Bertz CT molecular complexity index is 1210. The van der Waals surface area contributed by atoms with E-state index in [0.29, 0.717) is 18.1 Å². The summed E-state index contributed by atoms with van der Waals surface area (Å²) >= 11 is 1.48. The number of benzene rings is 2. The van der Waals surface area contributed by atoms with E-state index in [-0.39, 0.29) is 5.82 Å². The van der Waals surface area contributed by atoms with Crippen LogP contribution in [0.25, 0.3) is 32.8 Å². The van der Waals surface area contributed by atoms with E-state index < -0.39 is 11.9 Å². The van der Waals surface area contributed by atoms with Crippen molar-refractivity contribution in [1.29, 1.82) is 0 Å². The number of aliphatic carboxylic acids is 1. The molecule has 1 atom stereocenters. The molecular formula is C26H24FN3O2S. The molecule has 0 aliphatic heterocycles. The topological polar surface area (TPSA) is 75.1 Å². The normalized spacial score (nSPS) is 11.8. The number of hydrogen-bond acceptors (Lipinski definition) is 5. The smallest absolute Gasteiger partial charge is 0.308 e. The van der Waals surface area contributed by atoms with E-state index in [0.717, 1.165) is 39.2 Å². The molecule has 2 heterocycles. The third kappa shape index (κ3) is 5.43. The largest absolute Gasteiger partial charge is 0.481 e. The second kappa shape index (κ2) is 10.4. The van der Waals surface area contributed by atoms with E-state index in [4.69, 9.17) is 4.98 Å². The van der Waals surface area contributed by atoms with Gasteiger partial charge in [0.15, 0.2) is 5.13 Å². The highest BCUT2D eigenvalue weighted by atomic mass is 32.1. The average Bonchev–Trinajstić information content (AvgIpc) is 3.27. The zero-order chi connectivity index (χ0) is 23.2. The maximum atomic E-state index is 13.2. The van der Waals surface area contributed by atoms with Crippen molar-refractivity contribution in [2.75, 3.05) is 11.9 Å². The van der Waals surface area contributed by atoms with Gasteiger partial charge in [0.1, 0.15) is 5.82 Å². The van der Waals surface area contributed by atoms with Crippen molar-refractivity contribution in [2.45, 2.75) is 19.8 Å². The van der Waals surface area contributed by atoms with Crippen molar-refractivity contribution in [2.24, 2.45) is 5.92 Å². The number of hydrogen-bond donors (Lipinski definition) is 2. The van der Waals surface area contributed by atoms with Crippen LogP contribution in [0.2, 0.25) is 0 Å². The predicted molar refractivity (Wildman–Crippen MR) is 131 cm³/mol. The van der Waals surface area contributed by atoms with Gasteiger partial charge in [0, 0.05) is 30.1 Å². The van der Waals surface area contributed by atoms with Gasteiger partial charge in [-0.3, -0.25) is 9.78 Å². The first-order valence-electron chi connectivity index (χ1n) is 10.8. The number of aromatic nitrogens is 2. The van der Waals surface area contributed by atoms with Crippen molar-refractivity contribution < 1.29 is 14.3 Å². The fraction of sp³-hybridized carbons (Fsp3) is 0.192. The fourth-order valence-electron chi connectivity index (χ4n) is 3.62. The fourth-order valence-corrected chi connectivity index (χ4v) is 4.60. The maximum Gasteiger partial charge on any atom is 0.308 e. The van der Waals surface area contributed by atoms with E-state index in [1.165, 1.54) is 23.5 Å². The Morgan fingerprint density at radius 1 is 1.03 bits per heavy atom. The molecule has 4 aromatic rings. The van der Waals surface area contributed by atoms with Crippen LogP contribution < -0.4 is 5.32 Å². The molecule has 0 saturated carbocycles. The molecule has 0 amide bonds. The van der Waals surface area contributed by atoms with Crippen LogP contribution in [-0.2, 0) is 4.79 Å². The van der Waals surface area contributed by atoms with Gasteiger partial charge >= 0.3 is 5.97 Å². The Kier molecular flexibility index (Phi) is 7.10. The molecule has 2 N–H and O–H groups in total. The van der Waals surface area contributed by atoms with Gasteiger partial charge in [-0.1, -0.05) is 67.1 Å². The molecule has 168 valence electrons. The van der Waals surface area contributed by atoms with E-state index in [2.05, 4.69) is 10.3 Å². The van der Waals surface area contributed by atoms with Crippen LogP contribution in [-0.4, -0.2) is 27.6 Å². The predicted octanol–water partition coefficient (Wildman–Crippen LogP) is 6.59. The molecule has 33 heavy (non-hydrogen) atoms. The number of nitrogens with one attached hydrogen (secondary N) is 1. The zero-order valence-electron chi connectivity index (χ0n) is 18.2. The molecule has 0 aliphatic rings. The number of halogens is 1. The summed E-state index contributed by atoms with van der Waals surface area (Å²) in [6.45, 7) is 2.31. The summed E-state index contributed by atoms with van der Waals surface area (Å²) in [7, 11) is 0. The molecular weight excluding hydrogens is 437 g/mol. The van der Waals surface area contributed by atoms with Crippen LogP contribution in [0.1, 0.15) is 19.8 Å². The summed E-state index contributed by atoms with van der Waals surface area (Å²) in [5, 5.41) is 13.3. The van der Waals surface area contributed by atoms with Gasteiger partial charge in [0.25, 0.3) is 0 Å². The first-order chi connectivity index (χ1) is 16.0. The molecule has 1 unspecified atom stereocenters. The van der Waals surface area contributed by atoms with Crippen molar-refractivity contribution in [3.63, 3.8) is 0 Å². The van der Waals surface area contributed by atoms with Gasteiger partial charge in [-0.15, -0.1) is 0 Å². The number of pyridine rings is 1. The summed E-state index contributed by atoms with van der Waals surface area (Å²) < 4.78 is 13.2. The lowest BCUT2D eigenvalue weighted by Gasteiger charge is -2.11. The number of carboxylic acids is 1. The second-order valence-electron chi connectivity index (χ2n) is 7.73. The minimum Gasteiger partial charge on any atom is -0.481 e. The highest BCUT2D eigenvalue weighted by Crippen LogP contribution is 2.39. The van der Waals surface area contributed by atoms with Crippen LogP contribution in [0, 0.1) is 11.7 Å². The lowest BCUT2D eigenvalue weighted by Crippen LogP contribution is -2.22. The zero-order valence-corrected chi connectivity index (χ0v) is 19.0. The quantitative estimate of drug-likeness (QED) is 0.294. The minimum atomic E-state index is -0.801. The Balaban J connectivity index is 1.65. The molecule has 0 saturated heterocycles. The third-order valence-electron chi connectivity index (χ3n) is 5.37. The summed E-state index contributed by atoms with van der Waals surface area (Å²) in [5.41, 5.74) is 4.62. The summed E-state index contributed by atoms with van der Waals surface area (Å²) in [6.07, 6.45) is 4.94. The lowest BCUT2D eigenvalue weighted by atomic mass is 10.0. The van der Waals surface area contributed by atoms with Crippen LogP contribution >= 0.6 is 11.3 Å². The summed E-state index contributed by atoms with van der Waals surface area (Å²) in [5.74, 6) is -1.52. The molecule has 0 aliphatic carbocycles. The molecule has 0 fully saturated rings. The van der Waals surface area contributed by atoms with Crippen LogP contribution in [0.4, 0.5) is 9.52 Å². The van der Waals surface area contributed by atoms with E-state index in [9.17, 15) is 14.3 Å². The SMILES string of the molecule is CCCC(CNc1nc(-c2ccc(-c3ccc(F)cc3)cc2)c(-c2cccnc2)s1)C(=O)O. The highest BCUT2D eigenvalue weighted by Gasteiger charge is 2.19. The monoisotopic (exact) mass is 461 g/mol. The van der Waals surface area contributed by atoms with E-state index >= 15 is 0 Å². The Labute approximate surface area is 196 Å². The van der Waals surface area contributed by atoms with Crippen LogP contribution in [0.15, 0.2) is 73.1 Å². The number of carbonyl (C=O) groups is 1. The summed E-state index contributed by atoms with van der Waals surface area (Å²) in [6, 6.07) is 18.2. The van der Waals surface area contributed by atoms with Crippen LogP contribution in [0.3, 0.4) is 0 Å². The first kappa shape index (κ1) is 22.6. The molecule has 2 aromatic heterocycles. The van der Waals surface area contributed by atoms with Crippen molar-refractivity contribution in [3.05, 3.63) is 78.9 Å². The first-order valence-corrected chi connectivity index (χ1v) is 11.6. The van der Waals surface area contributed by atoms with Gasteiger partial charge in [0.2, 0.25) is 0 Å². The van der Waals surface area contributed by atoms with Crippen molar-refractivity contribution in [1.82, 2.24) is 9.97 Å². The average molecular weight is 462 g/mol. The highest BCUT2D eigenvalue weighted by molar-refractivity contribution is 7.19. The van der Waals surface area contributed by atoms with E-state index in [1.807, 2.05) is 43.3 Å². The summed E-state index contributed by atoms with van der Waals surface area (Å²) in [4.78, 5) is 21.5. The Hall–Kier alpha value is -3.58. The van der Waals surface area contributed by atoms with Crippen molar-refractivity contribution in [3.8, 4) is 32.8 Å². The van der Waals surface area contributed by atoms with Gasteiger partial charge in [-0.2, -0.15) is 0 Å². The number of anilines is 1. The molecule has 7 heteroatoms.